The van der Waals surface area contributed by atoms with Crippen LogP contribution in [0, 0.1) is 58.2 Å². The molecule has 1 aliphatic heterocycles. The van der Waals surface area contributed by atoms with Crippen LogP contribution in [-0.2, 0) is 9.53 Å². The van der Waals surface area contributed by atoms with Gasteiger partial charge < -0.3 is 25.2 Å². The molecule has 6 nitrogen and oxygen atoms in total. The zero-order valence-electron chi connectivity index (χ0n) is 22.1. The number of carbonyl (C=O) groups is 1. The first-order valence-corrected chi connectivity index (χ1v) is 14.4. The number of hydrogen-bond acceptors (Lipinski definition) is 6. The van der Waals surface area contributed by atoms with Gasteiger partial charge in [-0.25, -0.2) is 0 Å². The smallest absolute Gasteiger partial charge is 0.309 e. The van der Waals surface area contributed by atoms with E-state index in [-0.39, 0.29) is 52.8 Å². The number of fused-ring (bicyclic) bond motifs is 5. The minimum atomic E-state index is -0.863. The first-order valence-electron chi connectivity index (χ1n) is 14.4. The van der Waals surface area contributed by atoms with Crippen LogP contribution in [0.15, 0.2) is 0 Å². The number of cyclic esters (lactones) is 1. The lowest BCUT2D eigenvalue weighted by Crippen LogP contribution is -2.55. The highest BCUT2D eigenvalue weighted by atomic mass is 16.5. The van der Waals surface area contributed by atoms with Crippen LogP contribution < -0.4 is 0 Å². The lowest BCUT2D eigenvalue weighted by atomic mass is 9.48. The maximum atomic E-state index is 13.0. The Morgan fingerprint density at radius 1 is 0.886 bits per heavy atom. The van der Waals surface area contributed by atoms with Gasteiger partial charge in [-0.2, -0.15) is 0 Å². The summed E-state index contributed by atoms with van der Waals surface area (Å²) >= 11 is 0. The molecule has 35 heavy (non-hydrogen) atoms. The van der Waals surface area contributed by atoms with Gasteiger partial charge in [0.1, 0.15) is 0 Å². The van der Waals surface area contributed by atoms with E-state index in [0.717, 1.165) is 38.5 Å². The van der Waals surface area contributed by atoms with Crippen molar-refractivity contribution in [1.29, 1.82) is 0 Å². The molecular formula is C29H48O6. The van der Waals surface area contributed by atoms with Gasteiger partial charge in [0.05, 0.1) is 36.9 Å². The van der Waals surface area contributed by atoms with E-state index in [9.17, 15) is 25.2 Å². The number of ether oxygens (including phenoxy) is 1. The van der Waals surface area contributed by atoms with Gasteiger partial charge in [-0.15, -0.1) is 0 Å². The first-order chi connectivity index (χ1) is 16.5. The van der Waals surface area contributed by atoms with Crippen LogP contribution in [0.3, 0.4) is 0 Å². The van der Waals surface area contributed by atoms with Crippen molar-refractivity contribution in [2.45, 2.75) is 110 Å². The summed E-state index contributed by atoms with van der Waals surface area (Å²) in [7, 11) is 0. The predicted octanol–water partition coefficient (Wildman–Crippen LogP) is 3.53. The van der Waals surface area contributed by atoms with Crippen molar-refractivity contribution >= 4 is 5.97 Å². The highest BCUT2D eigenvalue weighted by molar-refractivity contribution is 5.74. The number of aliphatic hydroxyl groups excluding tert-OH is 4. The SMILES string of the molecule is C[C@H]([C@@H](O)[C@H](O)[C@@H](C)C1CCC1)[C@H]1CC[C@H]2[C@@H]3COC(=O)[C@H]4C[C@H](O)[C@H](O)C[C@]4(C)[C@H]3CC[C@]12C. The van der Waals surface area contributed by atoms with Crippen molar-refractivity contribution < 1.29 is 30.0 Å². The molecule has 0 aromatic heterocycles. The Morgan fingerprint density at radius 2 is 1.54 bits per heavy atom. The zero-order chi connectivity index (χ0) is 25.3. The van der Waals surface area contributed by atoms with Gasteiger partial charge in [-0.3, -0.25) is 4.79 Å². The summed E-state index contributed by atoms with van der Waals surface area (Å²) in [5.41, 5.74) is -0.327. The fraction of sp³-hybridized carbons (Fsp3) is 0.966. The van der Waals surface area contributed by atoms with Gasteiger partial charge in [-0.05, 0) is 90.8 Å². The average Bonchev–Trinajstić information content (AvgIpc) is 3.09. The quantitative estimate of drug-likeness (QED) is 0.438. The van der Waals surface area contributed by atoms with Crippen molar-refractivity contribution in [3.05, 3.63) is 0 Å². The third-order valence-corrected chi connectivity index (χ3v) is 12.4. The normalized spacial score (nSPS) is 49.4. The van der Waals surface area contributed by atoms with Crippen LogP contribution in [0.25, 0.3) is 0 Å². The molecule has 1 heterocycles. The Hall–Kier alpha value is -0.690. The van der Waals surface area contributed by atoms with Gasteiger partial charge >= 0.3 is 5.97 Å². The maximum Gasteiger partial charge on any atom is 0.309 e. The average molecular weight is 493 g/mol. The predicted molar refractivity (Wildman–Crippen MR) is 132 cm³/mol. The Labute approximate surface area is 210 Å². The van der Waals surface area contributed by atoms with Crippen molar-refractivity contribution in [3.8, 4) is 0 Å². The maximum absolute atomic E-state index is 13.0. The number of hydrogen-bond donors (Lipinski definition) is 4. The van der Waals surface area contributed by atoms with E-state index < -0.39 is 24.4 Å². The first kappa shape index (κ1) is 25.9. The van der Waals surface area contributed by atoms with Gasteiger partial charge in [0.25, 0.3) is 0 Å². The second-order valence-electron chi connectivity index (χ2n) is 13.8. The van der Waals surface area contributed by atoms with Gasteiger partial charge in [0.2, 0.25) is 0 Å². The summed E-state index contributed by atoms with van der Waals surface area (Å²) in [5, 5.41) is 43.2. The summed E-state index contributed by atoms with van der Waals surface area (Å²) in [5.74, 6) is 1.36. The minimum Gasteiger partial charge on any atom is -0.465 e. The molecule has 5 aliphatic rings. The Balaban J connectivity index is 1.36. The van der Waals surface area contributed by atoms with E-state index in [1.54, 1.807) is 0 Å². The lowest BCUT2D eigenvalue weighted by molar-refractivity contribution is -0.162. The molecule has 0 aromatic rings. The largest absolute Gasteiger partial charge is 0.465 e. The van der Waals surface area contributed by atoms with E-state index in [4.69, 9.17) is 4.74 Å². The van der Waals surface area contributed by atoms with Gasteiger partial charge in [-0.1, -0.05) is 47.0 Å². The fourth-order valence-electron chi connectivity index (χ4n) is 9.80. The Bertz CT molecular complexity index is 798. The van der Waals surface area contributed by atoms with Crippen LogP contribution in [-0.4, -0.2) is 57.4 Å². The molecule has 0 aromatic carbocycles. The molecule has 200 valence electrons. The molecule has 5 fully saturated rings. The third kappa shape index (κ3) is 4.00. The molecule has 13 atom stereocenters. The highest BCUT2D eigenvalue weighted by Crippen LogP contribution is 2.66. The van der Waals surface area contributed by atoms with Crippen LogP contribution in [0.2, 0.25) is 0 Å². The van der Waals surface area contributed by atoms with Crippen molar-refractivity contribution in [1.82, 2.24) is 0 Å². The molecule has 0 amide bonds. The second kappa shape index (κ2) is 9.25. The van der Waals surface area contributed by atoms with E-state index in [1.165, 1.54) is 6.42 Å². The van der Waals surface area contributed by atoms with Gasteiger partial charge in [0, 0.05) is 0 Å². The van der Waals surface area contributed by atoms with Crippen molar-refractivity contribution in [2.75, 3.05) is 6.61 Å². The van der Waals surface area contributed by atoms with E-state index in [2.05, 4.69) is 27.7 Å². The van der Waals surface area contributed by atoms with Gasteiger partial charge in [0.15, 0.2) is 0 Å². The minimum absolute atomic E-state index is 0.0161. The summed E-state index contributed by atoms with van der Waals surface area (Å²) in [6.45, 7) is 9.18. The molecule has 0 radical (unpaired) electrons. The molecule has 6 heteroatoms. The zero-order valence-corrected chi connectivity index (χ0v) is 22.1. The Kier molecular flexibility index (Phi) is 6.86. The number of carbonyl (C=O) groups excluding carboxylic acids is 1. The van der Waals surface area contributed by atoms with Crippen LogP contribution >= 0.6 is 0 Å². The van der Waals surface area contributed by atoms with E-state index >= 15 is 0 Å². The standard InChI is InChI=1S/C29H48O6/c1-15(17-6-5-7-17)25(32)26(33)16(2)19-8-9-20-18-14-35-27(34)22-12-23(30)24(31)13-29(22,4)21(18)10-11-28(19,20)3/h15-26,30-33H,5-14H2,1-4H3/t15-,16-,18-,19+,20-,21-,22+,23-,24+,25+,26+,28+,29+/m0/s1. The summed E-state index contributed by atoms with van der Waals surface area (Å²) < 4.78 is 5.88. The number of esters is 1. The number of aliphatic hydroxyl groups is 4. The molecule has 1 saturated heterocycles. The second-order valence-corrected chi connectivity index (χ2v) is 13.8. The van der Waals surface area contributed by atoms with Crippen LogP contribution in [0.1, 0.15) is 85.5 Å². The Morgan fingerprint density at radius 3 is 2.20 bits per heavy atom. The van der Waals surface area contributed by atoms with E-state index in [1.807, 2.05) is 0 Å². The summed E-state index contributed by atoms with van der Waals surface area (Å²) in [6, 6.07) is 0. The molecule has 4 saturated carbocycles. The van der Waals surface area contributed by atoms with Crippen molar-refractivity contribution in [3.63, 3.8) is 0 Å². The molecule has 0 unspecified atom stereocenters. The molecule has 0 spiro atoms. The summed E-state index contributed by atoms with van der Waals surface area (Å²) in [4.78, 5) is 13.0. The van der Waals surface area contributed by atoms with Crippen molar-refractivity contribution in [2.24, 2.45) is 58.2 Å². The van der Waals surface area contributed by atoms with E-state index in [0.29, 0.717) is 30.8 Å². The topological polar surface area (TPSA) is 107 Å². The lowest BCUT2D eigenvalue weighted by Gasteiger charge is -2.56. The van der Waals surface area contributed by atoms with Crippen LogP contribution in [0.5, 0.6) is 0 Å². The molecule has 4 N–H and O–H groups in total. The molecular weight excluding hydrogens is 444 g/mol. The van der Waals surface area contributed by atoms with Crippen LogP contribution in [0.4, 0.5) is 0 Å². The highest BCUT2D eigenvalue weighted by Gasteiger charge is 2.63. The number of rotatable bonds is 5. The molecule has 4 aliphatic carbocycles. The monoisotopic (exact) mass is 492 g/mol. The summed E-state index contributed by atoms with van der Waals surface area (Å²) in [6.07, 6.45) is 5.33. The fourth-order valence-corrected chi connectivity index (χ4v) is 9.80. The molecule has 5 rings (SSSR count). The third-order valence-electron chi connectivity index (χ3n) is 12.4. The molecule has 0 bridgehead atoms.